The van der Waals surface area contributed by atoms with Gasteiger partial charge in [-0.25, -0.2) is 9.18 Å². The first-order valence-corrected chi connectivity index (χ1v) is 6.88. The fraction of sp³-hybridized carbons (Fsp3) is 0.500. The number of anilines is 2. The number of hydrogen-bond acceptors (Lipinski definition) is 5. The third-order valence-electron chi connectivity index (χ3n) is 3.61. The molecule has 21 heavy (non-hydrogen) atoms. The summed E-state index contributed by atoms with van der Waals surface area (Å²) in [7, 11) is 0. The van der Waals surface area contributed by atoms with Crippen LogP contribution in [0.15, 0.2) is 18.2 Å². The first-order valence-electron chi connectivity index (χ1n) is 6.88. The third-order valence-corrected chi connectivity index (χ3v) is 3.61. The van der Waals surface area contributed by atoms with Gasteiger partial charge in [-0.1, -0.05) is 0 Å². The Morgan fingerprint density at radius 1 is 1.33 bits per heavy atom. The molecule has 1 atom stereocenters. The molecule has 0 bridgehead atoms. The van der Waals surface area contributed by atoms with Crippen molar-refractivity contribution in [1.29, 1.82) is 0 Å². The van der Waals surface area contributed by atoms with E-state index in [-0.39, 0.29) is 12.4 Å². The number of carbonyl (C=O) groups excluding carboxylic acids is 1. The first kappa shape index (κ1) is 14.1. The van der Waals surface area contributed by atoms with Crippen LogP contribution in [-0.4, -0.2) is 44.7 Å². The van der Waals surface area contributed by atoms with Crippen molar-refractivity contribution in [3.63, 3.8) is 0 Å². The highest BCUT2D eigenvalue weighted by Gasteiger charge is 2.39. The number of hydrogen-bond donors (Lipinski definition) is 1. The highest BCUT2D eigenvalue weighted by Crippen LogP contribution is 2.29. The highest BCUT2D eigenvalue weighted by molar-refractivity contribution is 5.90. The van der Waals surface area contributed by atoms with Crippen LogP contribution in [0.1, 0.15) is 6.92 Å². The van der Waals surface area contributed by atoms with Crippen LogP contribution in [0, 0.1) is 5.82 Å². The summed E-state index contributed by atoms with van der Waals surface area (Å²) in [6.07, 6.45) is -0.557. The molecule has 1 amide bonds. The number of carbonyl (C=O) groups is 1. The number of amides is 1. The largest absolute Gasteiger partial charge is 0.426 e. The van der Waals surface area contributed by atoms with E-state index in [2.05, 4.69) is 0 Å². The van der Waals surface area contributed by atoms with Gasteiger partial charge >= 0.3 is 6.09 Å². The molecule has 0 saturated carbocycles. The number of halogens is 1. The zero-order valence-corrected chi connectivity index (χ0v) is 11.8. The van der Waals surface area contributed by atoms with Gasteiger partial charge in [0, 0.05) is 13.1 Å². The highest BCUT2D eigenvalue weighted by atomic mass is 19.1. The minimum atomic E-state index is -1.05. The molecule has 0 unspecified atom stereocenters. The normalized spacial score (nSPS) is 26.1. The lowest BCUT2D eigenvalue weighted by molar-refractivity contribution is 0.0776. The van der Waals surface area contributed by atoms with Crippen LogP contribution < -0.4 is 15.5 Å². The van der Waals surface area contributed by atoms with E-state index in [9.17, 15) is 9.18 Å². The van der Waals surface area contributed by atoms with Crippen LogP contribution >= 0.6 is 0 Å². The van der Waals surface area contributed by atoms with E-state index in [1.54, 1.807) is 19.1 Å². The molecule has 0 spiro atoms. The fourth-order valence-electron chi connectivity index (χ4n) is 2.59. The average Bonchev–Trinajstić information content (AvgIpc) is 2.73. The summed E-state index contributed by atoms with van der Waals surface area (Å²) in [4.78, 5) is 15.0. The summed E-state index contributed by atoms with van der Waals surface area (Å²) >= 11 is 0. The average molecular weight is 295 g/mol. The van der Waals surface area contributed by atoms with Crippen molar-refractivity contribution in [2.24, 2.45) is 5.73 Å². The molecule has 0 aliphatic carbocycles. The maximum atomic E-state index is 14.3. The van der Waals surface area contributed by atoms with Gasteiger partial charge in [0.05, 0.1) is 31.1 Å². The second-order valence-electron chi connectivity index (χ2n) is 5.50. The van der Waals surface area contributed by atoms with Crippen molar-refractivity contribution < 1.29 is 18.7 Å². The predicted molar refractivity (Wildman–Crippen MR) is 75.9 cm³/mol. The SMILES string of the molecule is C[C@@]1(N)CN(c2ccc(N3CCOCC3)c(F)c2)C(=O)O1. The van der Waals surface area contributed by atoms with Crippen LogP contribution in [0.25, 0.3) is 0 Å². The molecule has 2 fully saturated rings. The van der Waals surface area contributed by atoms with Crippen LogP contribution in [-0.2, 0) is 9.47 Å². The Bertz CT molecular complexity index is 558. The molecule has 1 aromatic carbocycles. The number of nitrogens with two attached hydrogens (primary N) is 1. The van der Waals surface area contributed by atoms with Gasteiger partial charge in [0.15, 0.2) is 5.72 Å². The predicted octanol–water partition coefficient (Wildman–Crippen LogP) is 1.29. The van der Waals surface area contributed by atoms with E-state index in [0.29, 0.717) is 37.7 Å². The lowest BCUT2D eigenvalue weighted by atomic mass is 10.2. The van der Waals surface area contributed by atoms with Crippen molar-refractivity contribution in [1.82, 2.24) is 0 Å². The fourth-order valence-corrected chi connectivity index (χ4v) is 2.59. The summed E-state index contributed by atoms with van der Waals surface area (Å²) < 4.78 is 24.6. The molecule has 2 aliphatic heterocycles. The molecule has 2 aliphatic rings. The van der Waals surface area contributed by atoms with Crippen LogP contribution in [0.2, 0.25) is 0 Å². The van der Waals surface area contributed by atoms with E-state index in [1.807, 2.05) is 4.90 Å². The van der Waals surface area contributed by atoms with Gasteiger partial charge in [0.25, 0.3) is 0 Å². The second kappa shape index (κ2) is 5.16. The van der Waals surface area contributed by atoms with Gasteiger partial charge < -0.3 is 14.4 Å². The molecule has 1 aromatic rings. The molecular weight excluding hydrogens is 277 g/mol. The molecule has 3 rings (SSSR count). The Morgan fingerprint density at radius 3 is 2.62 bits per heavy atom. The van der Waals surface area contributed by atoms with Crippen molar-refractivity contribution in [3.8, 4) is 0 Å². The van der Waals surface area contributed by atoms with Crippen molar-refractivity contribution in [2.45, 2.75) is 12.6 Å². The molecule has 0 radical (unpaired) electrons. The standard InChI is InChI=1S/C14H18FN3O3/c1-14(16)9-18(13(19)21-14)10-2-3-12(11(15)8-10)17-4-6-20-7-5-17/h2-3,8H,4-7,9,16H2,1H3/t14-/m0/s1. The maximum Gasteiger partial charge on any atom is 0.416 e. The molecule has 6 nitrogen and oxygen atoms in total. The molecule has 2 saturated heterocycles. The quantitative estimate of drug-likeness (QED) is 0.890. The first-order chi connectivity index (χ1) is 9.96. The Kier molecular flexibility index (Phi) is 3.46. The molecule has 0 aromatic heterocycles. The Labute approximate surface area is 122 Å². The summed E-state index contributed by atoms with van der Waals surface area (Å²) in [5.74, 6) is -0.368. The van der Waals surface area contributed by atoms with E-state index in [4.69, 9.17) is 15.2 Å². The summed E-state index contributed by atoms with van der Waals surface area (Å²) in [5.41, 5.74) is 5.70. The van der Waals surface area contributed by atoms with E-state index in [0.717, 1.165) is 0 Å². The van der Waals surface area contributed by atoms with Crippen molar-refractivity contribution >= 4 is 17.5 Å². The molecule has 114 valence electrons. The Morgan fingerprint density at radius 2 is 2.05 bits per heavy atom. The minimum absolute atomic E-state index is 0.197. The number of benzene rings is 1. The molecule has 2 N–H and O–H groups in total. The van der Waals surface area contributed by atoms with Gasteiger partial charge in [-0.3, -0.25) is 10.6 Å². The van der Waals surface area contributed by atoms with Gasteiger partial charge in [-0.05, 0) is 25.1 Å². The number of ether oxygens (including phenoxy) is 2. The monoisotopic (exact) mass is 295 g/mol. The maximum absolute atomic E-state index is 14.3. The summed E-state index contributed by atoms with van der Waals surface area (Å²) in [6.45, 7) is 4.30. The lowest BCUT2D eigenvalue weighted by Crippen LogP contribution is -2.40. The molecular formula is C14H18FN3O3. The smallest absolute Gasteiger partial charge is 0.416 e. The van der Waals surface area contributed by atoms with Crippen LogP contribution in [0.4, 0.5) is 20.6 Å². The van der Waals surface area contributed by atoms with Gasteiger partial charge in [-0.15, -0.1) is 0 Å². The number of nitrogens with zero attached hydrogens (tertiary/aromatic N) is 2. The van der Waals surface area contributed by atoms with Crippen molar-refractivity contribution in [2.75, 3.05) is 42.6 Å². The minimum Gasteiger partial charge on any atom is -0.426 e. The summed E-state index contributed by atoms with van der Waals surface area (Å²) in [5, 5.41) is 0. The Hall–Kier alpha value is -1.86. The molecule has 2 heterocycles. The summed E-state index contributed by atoms with van der Waals surface area (Å²) in [6, 6.07) is 4.72. The topological polar surface area (TPSA) is 68.0 Å². The van der Waals surface area contributed by atoms with Gasteiger partial charge in [-0.2, -0.15) is 0 Å². The number of morpholine rings is 1. The van der Waals surface area contributed by atoms with Gasteiger partial charge in [0.2, 0.25) is 0 Å². The third kappa shape index (κ3) is 2.79. The van der Waals surface area contributed by atoms with Crippen LogP contribution in [0.5, 0.6) is 0 Å². The lowest BCUT2D eigenvalue weighted by Gasteiger charge is -2.29. The zero-order chi connectivity index (χ0) is 15.0. The van der Waals surface area contributed by atoms with E-state index < -0.39 is 11.8 Å². The number of rotatable bonds is 2. The molecule has 7 heteroatoms. The van der Waals surface area contributed by atoms with Crippen molar-refractivity contribution in [3.05, 3.63) is 24.0 Å². The van der Waals surface area contributed by atoms with Crippen LogP contribution in [0.3, 0.4) is 0 Å². The van der Waals surface area contributed by atoms with Gasteiger partial charge in [0.1, 0.15) is 5.82 Å². The second-order valence-corrected chi connectivity index (χ2v) is 5.50. The van der Waals surface area contributed by atoms with E-state index >= 15 is 0 Å². The van der Waals surface area contributed by atoms with E-state index in [1.165, 1.54) is 11.0 Å². The number of cyclic esters (lactones) is 1. The zero-order valence-electron chi connectivity index (χ0n) is 11.8. The Balaban J connectivity index is 1.82.